The van der Waals surface area contributed by atoms with Crippen molar-refractivity contribution in [1.29, 1.82) is 0 Å². The average Bonchev–Trinajstić information content (AvgIpc) is 3.43. The maximum Gasteiger partial charge on any atom is 0.273 e. The van der Waals surface area contributed by atoms with E-state index in [1.54, 1.807) is 17.9 Å². The van der Waals surface area contributed by atoms with E-state index in [4.69, 9.17) is 0 Å². The van der Waals surface area contributed by atoms with E-state index in [0.717, 1.165) is 51.4 Å². The van der Waals surface area contributed by atoms with Gasteiger partial charge in [-0.3, -0.25) is 19.1 Å². The van der Waals surface area contributed by atoms with Crippen LogP contribution in [0, 0.1) is 0 Å². The Labute approximate surface area is 171 Å². The van der Waals surface area contributed by atoms with Crippen LogP contribution >= 0.6 is 0 Å². The maximum absolute atomic E-state index is 13.1. The van der Waals surface area contributed by atoms with Crippen molar-refractivity contribution in [1.82, 2.24) is 25.3 Å². The molecule has 0 bridgehead atoms. The van der Waals surface area contributed by atoms with Gasteiger partial charge in [-0.05, 0) is 39.5 Å². The lowest BCUT2D eigenvalue weighted by molar-refractivity contribution is -0.133. The molecule has 1 atom stereocenters. The standard InChI is InChI=1S/C21H31N5O3/c1-3-25-19(28)17-12-16(18(27)22-14-8-4-5-9-14)24-26(17)13-21(25,2)20(29)23-15-10-6-7-11-15/h12,14-15H,3-11,13H2,1-2H3,(H,22,27)(H,23,29)/t21-/m1/s1. The van der Waals surface area contributed by atoms with Crippen molar-refractivity contribution in [2.24, 2.45) is 0 Å². The Morgan fingerprint density at radius 1 is 1.10 bits per heavy atom. The van der Waals surface area contributed by atoms with E-state index in [0.29, 0.717) is 12.2 Å². The lowest BCUT2D eigenvalue weighted by atomic mass is 9.94. The van der Waals surface area contributed by atoms with E-state index < -0.39 is 5.54 Å². The van der Waals surface area contributed by atoms with Crippen LogP contribution in [0.5, 0.6) is 0 Å². The van der Waals surface area contributed by atoms with Crippen LogP contribution in [-0.4, -0.2) is 56.6 Å². The predicted octanol–water partition coefficient (Wildman–Crippen LogP) is 1.85. The Balaban J connectivity index is 1.55. The summed E-state index contributed by atoms with van der Waals surface area (Å²) in [6.07, 6.45) is 8.46. The molecule has 0 saturated heterocycles. The van der Waals surface area contributed by atoms with Gasteiger partial charge in [0.25, 0.3) is 11.8 Å². The zero-order valence-corrected chi connectivity index (χ0v) is 17.4. The number of rotatable bonds is 5. The third kappa shape index (κ3) is 3.65. The fraction of sp³-hybridized carbons (Fsp3) is 0.714. The molecule has 2 heterocycles. The van der Waals surface area contributed by atoms with Gasteiger partial charge < -0.3 is 15.5 Å². The molecule has 4 rings (SSSR count). The van der Waals surface area contributed by atoms with Crippen LogP contribution in [0.25, 0.3) is 0 Å². The number of amides is 3. The summed E-state index contributed by atoms with van der Waals surface area (Å²) in [5.41, 5.74) is -0.404. The largest absolute Gasteiger partial charge is 0.351 e. The summed E-state index contributed by atoms with van der Waals surface area (Å²) in [5, 5.41) is 10.5. The molecule has 1 aromatic rings. The van der Waals surface area contributed by atoms with Crippen LogP contribution in [-0.2, 0) is 11.3 Å². The minimum atomic E-state index is -1.02. The van der Waals surface area contributed by atoms with Crippen LogP contribution in [0.1, 0.15) is 86.2 Å². The molecule has 0 unspecified atom stereocenters. The zero-order valence-electron chi connectivity index (χ0n) is 17.4. The summed E-state index contributed by atoms with van der Waals surface area (Å²) in [4.78, 5) is 40.5. The van der Waals surface area contributed by atoms with Gasteiger partial charge in [-0.25, -0.2) is 0 Å². The number of nitrogens with one attached hydrogen (secondary N) is 2. The number of hydrogen-bond acceptors (Lipinski definition) is 4. The molecule has 1 aromatic heterocycles. The summed E-state index contributed by atoms with van der Waals surface area (Å²) in [6.45, 7) is 4.33. The van der Waals surface area contributed by atoms with Crippen molar-refractivity contribution in [3.05, 3.63) is 17.5 Å². The Morgan fingerprint density at radius 3 is 2.28 bits per heavy atom. The fourth-order valence-electron chi connectivity index (χ4n) is 4.99. The van der Waals surface area contributed by atoms with E-state index in [9.17, 15) is 14.4 Å². The second-order valence-corrected chi connectivity index (χ2v) is 8.81. The molecule has 0 spiro atoms. The van der Waals surface area contributed by atoms with Gasteiger partial charge in [0.05, 0.1) is 6.54 Å². The van der Waals surface area contributed by atoms with Crippen LogP contribution in [0.4, 0.5) is 0 Å². The number of aromatic nitrogens is 2. The molecule has 2 N–H and O–H groups in total. The number of hydrogen-bond donors (Lipinski definition) is 2. The van der Waals surface area contributed by atoms with Crippen molar-refractivity contribution >= 4 is 17.7 Å². The molecule has 0 radical (unpaired) electrons. The van der Waals surface area contributed by atoms with Gasteiger partial charge in [0.2, 0.25) is 5.91 Å². The van der Waals surface area contributed by atoms with Crippen molar-refractivity contribution in [3.8, 4) is 0 Å². The first kappa shape index (κ1) is 19.9. The molecule has 0 aromatic carbocycles. The molecule has 3 aliphatic rings. The summed E-state index contributed by atoms with van der Waals surface area (Å²) in [6, 6.07) is 1.93. The Morgan fingerprint density at radius 2 is 1.69 bits per heavy atom. The quantitative estimate of drug-likeness (QED) is 0.787. The second-order valence-electron chi connectivity index (χ2n) is 8.81. The molecule has 2 fully saturated rings. The van der Waals surface area contributed by atoms with Crippen molar-refractivity contribution < 1.29 is 14.4 Å². The van der Waals surface area contributed by atoms with Crippen LogP contribution in [0.15, 0.2) is 6.07 Å². The molecule has 2 saturated carbocycles. The van der Waals surface area contributed by atoms with Crippen LogP contribution in [0.2, 0.25) is 0 Å². The van der Waals surface area contributed by atoms with E-state index in [2.05, 4.69) is 15.7 Å². The highest BCUT2D eigenvalue weighted by atomic mass is 16.2. The summed E-state index contributed by atoms with van der Waals surface area (Å²) < 4.78 is 1.53. The lowest BCUT2D eigenvalue weighted by Gasteiger charge is -2.43. The Hall–Kier alpha value is -2.38. The summed E-state index contributed by atoms with van der Waals surface area (Å²) in [5.74, 6) is -0.639. The Kier molecular flexibility index (Phi) is 5.36. The fourth-order valence-corrected chi connectivity index (χ4v) is 4.99. The van der Waals surface area contributed by atoms with E-state index in [1.165, 1.54) is 4.68 Å². The van der Waals surface area contributed by atoms with Gasteiger partial charge in [0, 0.05) is 24.7 Å². The topological polar surface area (TPSA) is 96.3 Å². The highest BCUT2D eigenvalue weighted by Crippen LogP contribution is 2.29. The second kappa shape index (κ2) is 7.80. The van der Waals surface area contributed by atoms with E-state index in [-0.39, 0.29) is 42.0 Å². The molecule has 29 heavy (non-hydrogen) atoms. The van der Waals surface area contributed by atoms with Crippen molar-refractivity contribution in [2.45, 2.75) is 89.4 Å². The highest BCUT2D eigenvalue weighted by Gasteiger charge is 2.48. The van der Waals surface area contributed by atoms with Crippen molar-refractivity contribution in [3.63, 3.8) is 0 Å². The SMILES string of the molecule is CCN1C(=O)c2cc(C(=O)NC3CCCC3)nn2C[C@]1(C)C(=O)NC1CCCC1. The van der Waals surface area contributed by atoms with Crippen molar-refractivity contribution in [2.75, 3.05) is 6.54 Å². The van der Waals surface area contributed by atoms with Gasteiger partial charge in [-0.2, -0.15) is 5.10 Å². The molecule has 158 valence electrons. The molecule has 8 nitrogen and oxygen atoms in total. The third-order valence-electron chi connectivity index (χ3n) is 6.72. The predicted molar refractivity (Wildman–Crippen MR) is 107 cm³/mol. The normalized spacial score (nSPS) is 25.3. The number of fused-ring (bicyclic) bond motifs is 1. The minimum Gasteiger partial charge on any atom is -0.351 e. The third-order valence-corrected chi connectivity index (χ3v) is 6.72. The molecule has 1 aliphatic heterocycles. The maximum atomic E-state index is 13.1. The van der Waals surface area contributed by atoms with Crippen LogP contribution < -0.4 is 10.6 Å². The number of nitrogens with zero attached hydrogens (tertiary/aromatic N) is 3. The van der Waals surface area contributed by atoms with Gasteiger partial charge >= 0.3 is 0 Å². The van der Waals surface area contributed by atoms with Gasteiger partial charge in [-0.15, -0.1) is 0 Å². The van der Waals surface area contributed by atoms with Crippen LogP contribution in [0.3, 0.4) is 0 Å². The number of likely N-dealkylation sites (N-methyl/N-ethyl adjacent to an activating group) is 1. The summed E-state index contributed by atoms with van der Waals surface area (Å²) in [7, 11) is 0. The summed E-state index contributed by atoms with van der Waals surface area (Å²) >= 11 is 0. The molecule has 2 aliphatic carbocycles. The first-order valence-electron chi connectivity index (χ1n) is 10.9. The molecular weight excluding hydrogens is 370 g/mol. The molecular formula is C21H31N5O3. The monoisotopic (exact) mass is 401 g/mol. The first-order valence-corrected chi connectivity index (χ1v) is 10.9. The smallest absolute Gasteiger partial charge is 0.273 e. The van der Waals surface area contributed by atoms with Gasteiger partial charge in [0.15, 0.2) is 5.69 Å². The lowest BCUT2D eigenvalue weighted by Crippen LogP contribution is -2.64. The first-order chi connectivity index (χ1) is 13.9. The molecule has 8 heteroatoms. The highest BCUT2D eigenvalue weighted by molar-refractivity contribution is 6.02. The number of carbonyl (C=O) groups is 3. The Bertz CT molecular complexity index is 807. The van der Waals surface area contributed by atoms with E-state index >= 15 is 0 Å². The number of carbonyl (C=O) groups excluding carboxylic acids is 3. The average molecular weight is 402 g/mol. The van der Waals surface area contributed by atoms with Gasteiger partial charge in [-0.1, -0.05) is 25.7 Å². The van der Waals surface area contributed by atoms with Gasteiger partial charge in [0.1, 0.15) is 11.2 Å². The zero-order chi connectivity index (χ0) is 20.6. The van der Waals surface area contributed by atoms with E-state index in [1.807, 2.05) is 6.92 Å². The molecule has 3 amide bonds. The minimum absolute atomic E-state index is 0.141.